The highest BCUT2D eigenvalue weighted by Crippen LogP contribution is 2.42. The summed E-state index contributed by atoms with van der Waals surface area (Å²) in [6.07, 6.45) is -1.23. The second-order valence-corrected chi connectivity index (χ2v) is 6.11. The Kier molecular flexibility index (Phi) is 5.41. The first-order valence-corrected chi connectivity index (χ1v) is 8.53. The Morgan fingerprint density at radius 2 is 1.50 bits per heavy atom. The lowest BCUT2D eigenvalue weighted by Crippen LogP contribution is -2.55. The van der Waals surface area contributed by atoms with Crippen molar-refractivity contribution in [1.82, 2.24) is 13.7 Å². The minimum Gasteiger partial charge on any atom is -0.395 e. The number of nitrogens with zero attached hydrogens (tertiary/aromatic N) is 3. The summed E-state index contributed by atoms with van der Waals surface area (Å²) in [5, 5.41) is 2.36. The van der Waals surface area contributed by atoms with Crippen LogP contribution in [0, 0.1) is 0 Å². The van der Waals surface area contributed by atoms with E-state index in [1.54, 1.807) is 0 Å². The van der Waals surface area contributed by atoms with Gasteiger partial charge in [0, 0.05) is 11.8 Å². The highest BCUT2D eigenvalue weighted by Gasteiger charge is 2.43. The van der Waals surface area contributed by atoms with Crippen LogP contribution in [0.5, 0.6) is 11.5 Å². The van der Waals surface area contributed by atoms with Crippen molar-refractivity contribution in [3.8, 4) is 11.5 Å². The molecule has 1 aliphatic rings. The zero-order valence-electron chi connectivity index (χ0n) is 15.5. The van der Waals surface area contributed by atoms with Crippen LogP contribution in [0.3, 0.4) is 0 Å². The average molecular weight is 422 g/mol. The fourth-order valence-corrected chi connectivity index (χ4v) is 2.76. The van der Waals surface area contributed by atoms with E-state index in [0.717, 1.165) is 15.2 Å². The normalized spacial score (nSPS) is 13.7. The highest BCUT2D eigenvalue weighted by atomic mass is 19.3. The molecule has 1 N–H and O–H groups in total. The van der Waals surface area contributed by atoms with Gasteiger partial charge in [0.25, 0.3) is 0 Å². The maximum Gasteiger partial charge on any atom is 0.586 e. The number of carbonyl (C=O) groups excluding carboxylic acids is 1. The van der Waals surface area contributed by atoms with Gasteiger partial charge in [0.05, 0.1) is 13.1 Å². The molecule has 2 aromatic rings. The number of carbonyl (C=O) groups is 1. The smallest absolute Gasteiger partial charge is 0.395 e. The zero-order valence-corrected chi connectivity index (χ0v) is 15.5. The Balaban J connectivity index is 1.90. The molecule has 0 atom stereocenters. The summed E-state index contributed by atoms with van der Waals surface area (Å²) in [6.45, 7) is 5.83. The topological polar surface area (TPSA) is 114 Å². The van der Waals surface area contributed by atoms with Crippen molar-refractivity contribution in [2.45, 2.75) is 25.9 Å². The molecule has 0 spiro atoms. The van der Waals surface area contributed by atoms with Gasteiger partial charge in [-0.25, -0.2) is 28.1 Å². The summed E-state index contributed by atoms with van der Waals surface area (Å²) >= 11 is 0. The number of fused-ring (bicyclic) bond motifs is 1. The molecule has 0 radical (unpaired) electrons. The molecule has 0 aliphatic carbocycles. The van der Waals surface area contributed by atoms with Crippen molar-refractivity contribution < 1.29 is 23.0 Å². The van der Waals surface area contributed by atoms with Gasteiger partial charge in [-0.2, -0.15) is 0 Å². The SMILES string of the molecule is C=CCn1c(=O)n(CC=C)c(=O)n(CC(=O)Nc2ccc3c(c2)OC(F)(F)O3)c1=O. The molecule has 0 unspecified atom stereocenters. The summed E-state index contributed by atoms with van der Waals surface area (Å²) in [5.74, 6) is -1.31. The molecule has 0 saturated carbocycles. The quantitative estimate of drug-likeness (QED) is 0.651. The third-order valence-electron chi connectivity index (χ3n) is 4.00. The number of anilines is 1. The van der Waals surface area contributed by atoms with Crippen LogP contribution in [-0.4, -0.2) is 25.9 Å². The van der Waals surface area contributed by atoms with Crippen molar-refractivity contribution in [1.29, 1.82) is 0 Å². The van der Waals surface area contributed by atoms with E-state index in [-0.39, 0.29) is 30.3 Å². The molecular weight excluding hydrogens is 406 g/mol. The van der Waals surface area contributed by atoms with Gasteiger partial charge in [0.2, 0.25) is 5.91 Å². The second-order valence-electron chi connectivity index (χ2n) is 6.11. The molecule has 1 aromatic heterocycles. The molecule has 0 saturated heterocycles. The number of amides is 1. The van der Waals surface area contributed by atoms with E-state index in [1.165, 1.54) is 24.3 Å². The Bertz CT molecular complexity index is 1160. The van der Waals surface area contributed by atoms with Crippen molar-refractivity contribution in [3.63, 3.8) is 0 Å². The van der Waals surface area contributed by atoms with Gasteiger partial charge in [-0.05, 0) is 12.1 Å². The average Bonchev–Trinajstić information content (AvgIpc) is 2.99. The number of halogens is 2. The minimum atomic E-state index is -3.81. The van der Waals surface area contributed by atoms with E-state index < -0.39 is 35.8 Å². The Hall–Kier alpha value is -3.96. The molecule has 3 rings (SSSR count). The van der Waals surface area contributed by atoms with Gasteiger partial charge in [0.1, 0.15) is 6.54 Å². The first-order valence-electron chi connectivity index (χ1n) is 8.53. The number of allylic oxidation sites excluding steroid dienone is 2. The fraction of sp³-hybridized carbons (Fsp3) is 0.222. The molecule has 2 heterocycles. The second kappa shape index (κ2) is 7.81. The molecule has 30 heavy (non-hydrogen) atoms. The van der Waals surface area contributed by atoms with Gasteiger partial charge in [-0.1, -0.05) is 12.2 Å². The monoisotopic (exact) mass is 422 g/mol. The third kappa shape index (κ3) is 3.92. The Morgan fingerprint density at radius 1 is 0.967 bits per heavy atom. The van der Waals surface area contributed by atoms with Crippen LogP contribution in [0.25, 0.3) is 0 Å². The molecule has 12 heteroatoms. The van der Waals surface area contributed by atoms with Crippen LogP contribution >= 0.6 is 0 Å². The summed E-state index contributed by atoms with van der Waals surface area (Å²) in [4.78, 5) is 49.7. The largest absolute Gasteiger partial charge is 0.586 e. The van der Waals surface area contributed by atoms with Crippen LogP contribution in [0.1, 0.15) is 0 Å². The molecule has 0 fully saturated rings. The van der Waals surface area contributed by atoms with Crippen molar-refractivity contribution in [2.24, 2.45) is 0 Å². The van der Waals surface area contributed by atoms with Gasteiger partial charge < -0.3 is 14.8 Å². The highest BCUT2D eigenvalue weighted by molar-refractivity contribution is 5.90. The van der Waals surface area contributed by atoms with Crippen LogP contribution in [0.4, 0.5) is 14.5 Å². The van der Waals surface area contributed by atoms with Crippen molar-refractivity contribution in [3.05, 3.63) is 75.0 Å². The summed E-state index contributed by atoms with van der Waals surface area (Å²) in [5.41, 5.74) is -2.78. The number of hydrogen-bond donors (Lipinski definition) is 1. The van der Waals surface area contributed by atoms with E-state index in [0.29, 0.717) is 4.57 Å². The molecular formula is C18H16F2N4O6. The number of alkyl halides is 2. The van der Waals surface area contributed by atoms with Gasteiger partial charge in [0.15, 0.2) is 11.5 Å². The van der Waals surface area contributed by atoms with Gasteiger partial charge in [-0.15, -0.1) is 21.9 Å². The van der Waals surface area contributed by atoms with Gasteiger partial charge >= 0.3 is 23.4 Å². The lowest BCUT2D eigenvalue weighted by molar-refractivity contribution is -0.286. The van der Waals surface area contributed by atoms with Crippen LogP contribution < -0.4 is 31.9 Å². The first-order chi connectivity index (χ1) is 14.2. The number of rotatable bonds is 7. The van der Waals surface area contributed by atoms with E-state index in [9.17, 15) is 28.0 Å². The Morgan fingerprint density at radius 3 is 2.07 bits per heavy atom. The molecule has 10 nitrogen and oxygen atoms in total. The zero-order chi connectivity index (χ0) is 22.1. The molecule has 1 aromatic carbocycles. The summed E-state index contributed by atoms with van der Waals surface area (Å²) in [7, 11) is 0. The fourth-order valence-electron chi connectivity index (χ4n) is 2.76. The van der Waals surface area contributed by atoms with E-state index in [1.807, 2.05) is 0 Å². The molecule has 1 aliphatic heterocycles. The van der Waals surface area contributed by atoms with E-state index >= 15 is 0 Å². The maximum absolute atomic E-state index is 13.1. The standard InChI is InChI=1S/C18H16F2N4O6/c1-3-7-22-15(26)23(8-4-2)17(28)24(16(22)27)10-14(25)21-11-5-6-12-13(9-11)30-18(19,20)29-12/h3-6,9H,1-2,7-8,10H2,(H,21,25). The molecule has 0 bridgehead atoms. The number of nitrogens with one attached hydrogen (secondary N) is 1. The first kappa shape index (κ1) is 20.8. The van der Waals surface area contributed by atoms with Crippen LogP contribution in [0.15, 0.2) is 57.9 Å². The molecule has 1 amide bonds. The van der Waals surface area contributed by atoms with Crippen molar-refractivity contribution in [2.75, 3.05) is 5.32 Å². The summed E-state index contributed by atoms with van der Waals surface area (Å²) in [6, 6.07) is 3.55. The predicted molar refractivity (Wildman–Crippen MR) is 101 cm³/mol. The van der Waals surface area contributed by atoms with Crippen LogP contribution in [-0.2, 0) is 24.4 Å². The van der Waals surface area contributed by atoms with E-state index in [4.69, 9.17) is 0 Å². The maximum atomic E-state index is 13.1. The Labute approximate surface area is 166 Å². The third-order valence-corrected chi connectivity index (χ3v) is 4.00. The van der Waals surface area contributed by atoms with Gasteiger partial charge in [-0.3, -0.25) is 4.79 Å². The minimum absolute atomic E-state index is 0.0685. The molecule has 158 valence electrons. The lowest BCUT2D eigenvalue weighted by atomic mass is 10.3. The number of ether oxygens (including phenoxy) is 2. The lowest BCUT2D eigenvalue weighted by Gasteiger charge is -2.12. The number of benzene rings is 1. The number of hydrogen-bond acceptors (Lipinski definition) is 6. The van der Waals surface area contributed by atoms with E-state index in [2.05, 4.69) is 27.9 Å². The predicted octanol–water partition coefficient (Wildman–Crippen LogP) is 0.504. The summed E-state index contributed by atoms with van der Waals surface area (Å²) < 4.78 is 36.8. The van der Waals surface area contributed by atoms with Crippen molar-refractivity contribution >= 4 is 11.6 Å². The van der Waals surface area contributed by atoms with Crippen LogP contribution in [0.2, 0.25) is 0 Å². The number of aromatic nitrogens is 3.